The molecule has 0 radical (unpaired) electrons. The lowest BCUT2D eigenvalue weighted by Gasteiger charge is -2.20. The molecule has 4 aromatic rings. The minimum Gasteiger partial charge on any atom is -0.456 e. The van der Waals surface area contributed by atoms with Gasteiger partial charge in [0, 0.05) is 22.4 Å². The van der Waals surface area contributed by atoms with E-state index in [4.69, 9.17) is 4.42 Å². The fraction of sp³-hybridized carbons (Fsp3) is 0.0833. The van der Waals surface area contributed by atoms with Crippen LogP contribution in [0.25, 0.3) is 27.5 Å². The molecular formula is C24H17NO. The summed E-state index contributed by atoms with van der Waals surface area (Å²) in [6.07, 6.45) is 6.91. The molecule has 0 fully saturated rings. The third kappa shape index (κ3) is 1.93. The summed E-state index contributed by atoms with van der Waals surface area (Å²) in [6, 6.07) is 23.7. The normalized spacial score (nSPS) is 20.7. The van der Waals surface area contributed by atoms with Crippen LogP contribution in [-0.2, 0) is 0 Å². The van der Waals surface area contributed by atoms with Gasteiger partial charge in [-0.1, -0.05) is 60.7 Å². The quantitative estimate of drug-likeness (QED) is 0.453. The number of benzene rings is 3. The van der Waals surface area contributed by atoms with Gasteiger partial charge in [-0.15, -0.1) is 0 Å². The Labute approximate surface area is 151 Å². The van der Waals surface area contributed by atoms with Gasteiger partial charge in [0.2, 0.25) is 0 Å². The average molecular weight is 335 g/mol. The summed E-state index contributed by atoms with van der Waals surface area (Å²) in [4.78, 5) is 0. The SMILES string of the molecule is C1=CC2c3ccccc3NC2C=C1c1ccc2c(c1)oc1ccccc12. The Balaban J connectivity index is 1.43. The minimum absolute atomic E-state index is 0.318. The number of allylic oxidation sites excluding steroid dienone is 2. The van der Waals surface area contributed by atoms with E-state index in [1.54, 1.807) is 0 Å². The first-order valence-electron chi connectivity index (χ1n) is 9.04. The van der Waals surface area contributed by atoms with Crippen LogP contribution in [0.3, 0.4) is 0 Å². The number of para-hydroxylation sites is 2. The molecule has 0 bridgehead atoms. The zero-order valence-corrected chi connectivity index (χ0v) is 14.1. The second-order valence-electron chi connectivity index (χ2n) is 7.07. The number of hydrogen-bond acceptors (Lipinski definition) is 2. The van der Waals surface area contributed by atoms with Crippen molar-refractivity contribution in [2.75, 3.05) is 5.32 Å². The van der Waals surface area contributed by atoms with Crippen molar-refractivity contribution in [3.05, 3.63) is 96.1 Å². The molecule has 3 aromatic carbocycles. The second-order valence-corrected chi connectivity index (χ2v) is 7.07. The van der Waals surface area contributed by atoms with Crippen molar-refractivity contribution >= 4 is 33.2 Å². The fourth-order valence-corrected chi connectivity index (χ4v) is 4.30. The highest BCUT2D eigenvalue weighted by atomic mass is 16.3. The summed E-state index contributed by atoms with van der Waals surface area (Å²) >= 11 is 0. The van der Waals surface area contributed by atoms with Crippen LogP contribution in [0.15, 0.2) is 89.4 Å². The van der Waals surface area contributed by atoms with E-state index in [1.165, 1.54) is 33.2 Å². The zero-order chi connectivity index (χ0) is 17.1. The molecule has 2 heterocycles. The molecule has 1 aromatic heterocycles. The molecule has 2 unspecified atom stereocenters. The molecule has 6 rings (SSSR count). The van der Waals surface area contributed by atoms with Crippen LogP contribution >= 0.6 is 0 Å². The van der Waals surface area contributed by atoms with E-state index < -0.39 is 0 Å². The molecule has 1 aliphatic carbocycles. The van der Waals surface area contributed by atoms with E-state index in [9.17, 15) is 0 Å². The number of anilines is 1. The molecule has 2 atom stereocenters. The third-order valence-corrected chi connectivity index (χ3v) is 5.58. The highest BCUT2D eigenvalue weighted by molar-refractivity contribution is 6.05. The van der Waals surface area contributed by atoms with E-state index in [1.807, 2.05) is 12.1 Å². The van der Waals surface area contributed by atoms with Crippen LogP contribution in [0.4, 0.5) is 5.69 Å². The van der Waals surface area contributed by atoms with E-state index in [-0.39, 0.29) is 0 Å². The van der Waals surface area contributed by atoms with Gasteiger partial charge in [-0.2, -0.15) is 0 Å². The Morgan fingerprint density at radius 3 is 2.65 bits per heavy atom. The first-order valence-corrected chi connectivity index (χ1v) is 9.04. The molecule has 1 N–H and O–H groups in total. The van der Waals surface area contributed by atoms with Gasteiger partial charge in [-0.25, -0.2) is 0 Å². The maximum absolute atomic E-state index is 6.05. The Morgan fingerprint density at radius 2 is 1.65 bits per heavy atom. The molecule has 2 heteroatoms. The lowest BCUT2D eigenvalue weighted by molar-refractivity contribution is 0.669. The van der Waals surface area contributed by atoms with Crippen molar-refractivity contribution in [1.29, 1.82) is 0 Å². The Hall–Kier alpha value is -3.26. The first kappa shape index (κ1) is 14.0. The molecule has 26 heavy (non-hydrogen) atoms. The lowest BCUT2D eigenvalue weighted by Crippen LogP contribution is -2.19. The van der Waals surface area contributed by atoms with E-state index in [0.717, 1.165) is 11.2 Å². The summed E-state index contributed by atoms with van der Waals surface area (Å²) in [5.41, 5.74) is 6.97. The maximum Gasteiger partial charge on any atom is 0.136 e. The number of rotatable bonds is 1. The monoisotopic (exact) mass is 335 g/mol. The van der Waals surface area contributed by atoms with Crippen molar-refractivity contribution in [3.8, 4) is 0 Å². The van der Waals surface area contributed by atoms with Crippen LogP contribution in [0.5, 0.6) is 0 Å². The van der Waals surface area contributed by atoms with Crippen LogP contribution in [-0.4, -0.2) is 6.04 Å². The molecular weight excluding hydrogens is 318 g/mol. The minimum atomic E-state index is 0.318. The van der Waals surface area contributed by atoms with Gasteiger partial charge in [0.25, 0.3) is 0 Å². The van der Waals surface area contributed by atoms with Crippen LogP contribution in [0.1, 0.15) is 17.0 Å². The molecule has 2 aliphatic rings. The average Bonchev–Trinajstić information content (AvgIpc) is 3.24. The van der Waals surface area contributed by atoms with Gasteiger partial charge >= 0.3 is 0 Å². The van der Waals surface area contributed by atoms with Crippen molar-refractivity contribution in [2.45, 2.75) is 12.0 Å². The highest BCUT2D eigenvalue weighted by Gasteiger charge is 2.30. The highest BCUT2D eigenvalue weighted by Crippen LogP contribution is 2.41. The Kier molecular flexibility index (Phi) is 2.75. The molecule has 0 spiro atoms. The van der Waals surface area contributed by atoms with Gasteiger partial charge in [-0.05, 0) is 41.0 Å². The zero-order valence-electron chi connectivity index (χ0n) is 14.1. The van der Waals surface area contributed by atoms with Crippen LogP contribution in [0.2, 0.25) is 0 Å². The lowest BCUT2D eigenvalue weighted by atomic mass is 9.87. The Morgan fingerprint density at radius 1 is 0.808 bits per heavy atom. The summed E-state index contributed by atoms with van der Waals surface area (Å²) in [5, 5.41) is 5.99. The predicted molar refractivity (Wildman–Crippen MR) is 107 cm³/mol. The number of furan rings is 1. The Bertz CT molecular complexity index is 1230. The third-order valence-electron chi connectivity index (χ3n) is 5.58. The van der Waals surface area contributed by atoms with Crippen molar-refractivity contribution in [1.82, 2.24) is 0 Å². The first-order chi connectivity index (χ1) is 12.9. The summed E-state index contributed by atoms with van der Waals surface area (Å²) < 4.78 is 6.05. The van der Waals surface area contributed by atoms with Gasteiger partial charge in [0.15, 0.2) is 0 Å². The maximum atomic E-state index is 6.05. The van der Waals surface area contributed by atoms with E-state index in [2.05, 4.69) is 78.1 Å². The largest absolute Gasteiger partial charge is 0.456 e. The number of nitrogens with one attached hydrogen (secondary N) is 1. The van der Waals surface area contributed by atoms with E-state index in [0.29, 0.717) is 12.0 Å². The van der Waals surface area contributed by atoms with Gasteiger partial charge < -0.3 is 9.73 Å². The topological polar surface area (TPSA) is 25.2 Å². The van der Waals surface area contributed by atoms with Crippen LogP contribution in [0, 0.1) is 0 Å². The summed E-state index contributed by atoms with van der Waals surface area (Å²) in [6.45, 7) is 0. The number of hydrogen-bond donors (Lipinski definition) is 1. The summed E-state index contributed by atoms with van der Waals surface area (Å²) in [5.74, 6) is 0.421. The standard InChI is InChI=1S/C24H17NO/c1-3-7-21-17(5-1)18-11-9-15(13-22(18)25-21)16-10-12-20-19-6-2-4-8-23(19)26-24(20)14-16/h1-14,18,22,25H. The molecule has 0 saturated carbocycles. The van der Waals surface area contributed by atoms with E-state index >= 15 is 0 Å². The molecule has 0 saturated heterocycles. The summed E-state index contributed by atoms with van der Waals surface area (Å²) in [7, 11) is 0. The van der Waals surface area contributed by atoms with Gasteiger partial charge in [0.1, 0.15) is 11.2 Å². The smallest absolute Gasteiger partial charge is 0.136 e. The van der Waals surface area contributed by atoms with Crippen LogP contribution < -0.4 is 5.32 Å². The van der Waals surface area contributed by atoms with Gasteiger partial charge in [0.05, 0.1) is 6.04 Å². The fourth-order valence-electron chi connectivity index (χ4n) is 4.30. The van der Waals surface area contributed by atoms with Crippen molar-refractivity contribution < 1.29 is 4.42 Å². The van der Waals surface area contributed by atoms with Crippen molar-refractivity contribution in [2.24, 2.45) is 0 Å². The van der Waals surface area contributed by atoms with Gasteiger partial charge in [-0.3, -0.25) is 0 Å². The second kappa shape index (κ2) is 5.12. The molecule has 0 amide bonds. The predicted octanol–water partition coefficient (Wildman–Crippen LogP) is 6.12. The molecule has 124 valence electrons. The van der Waals surface area contributed by atoms with Crippen molar-refractivity contribution in [3.63, 3.8) is 0 Å². The number of fused-ring (bicyclic) bond motifs is 6. The molecule has 2 nitrogen and oxygen atoms in total. The molecule has 1 aliphatic heterocycles.